The van der Waals surface area contributed by atoms with Crippen LogP contribution < -0.4 is 0 Å². The van der Waals surface area contributed by atoms with Crippen molar-refractivity contribution < 1.29 is 9.90 Å². The Morgan fingerprint density at radius 1 is 1.45 bits per heavy atom. The average Bonchev–Trinajstić information content (AvgIpc) is 2.75. The molecule has 0 spiro atoms. The van der Waals surface area contributed by atoms with Gasteiger partial charge in [-0.15, -0.1) is 0 Å². The number of halogens is 3. The number of carboxylic acids is 1. The van der Waals surface area contributed by atoms with Crippen LogP contribution in [0.5, 0.6) is 0 Å². The van der Waals surface area contributed by atoms with Crippen molar-refractivity contribution in [3.63, 3.8) is 0 Å². The summed E-state index contributed by atoms with van der Waals surface area (Å²) in [7, 11) is 0. The van der Waals surface area contributed by atoms with Crippen LogP contribution in [0.25, 0.3) is 6.08 Å². The van der Waals surface area contributed by atoms with Gasteiger partial charge >= 0.3 is 5.97 Å². The van der Waals surface area contributed by atoms with Crippen molar-refractivity contribution in [3.05, 3.63) is 55.1 Å². The normalized spacial score (nSPS) is 11.3. The SMILES string of the molecule is CCc1nc(Cl)c(/C=C/C(=O)O)n1Cc1ccc(I)cc1Cl. The maximum atomic E-state index is 10.7. The first-order valence-corrected chi connectivity index (χ1v) is 8.35. The Morgan fingerprint density at radius 2 is 2.18 bits per heavy atom. The summed E-state index contributed by atoms with van der Waals surface area (Å²) in [4.78, 5) is 15.0. The Balaban J connectivity index is 2.46. The Kier molecular flexibility index (Phi) is 5.88. The van der Waals surface area contributed by atoms with Crippen molar-refractivity contribution in [2.75, 3.05) is 0 Å². The maximum absolute atomic E-state index is 10.7. The van der Waals surface area contributed by atoms with E-state index in [4.69, 9.17) is 28.3 Å². The van der Waals surface area contributed by atoms with E-state index in [0.29, 0.717) is 23.7 Å². The first-order chi connectivity index (χ1) is 10.4. The Hall–Kier alpha value is -1.05. The largest absolute Gasteiger partial charge is 0.478 e. The Morgan fingerprint density at radius 3 is 2.77 bits per heavy atom. The van der Waals surface area contributed by atoms with Gasteiger partial charge in [-0.1, -0.05) is 36.2 Å². The molecule has 4 nitrogen and oxygen atoms in total. The minimum Gasteiger partial charge on any atom is -0.478 e. The van der Waals surface area contributed by atoms with Crippen LogP contribution in [0.4, 0.5) is 0 Å². The number of hydrogen-bond acceptors (Lipinski definition) is 2. The highest BCUT2D eigenvalue weighted by Crippen LogP contribution is 2.25. The second kappa shape index (κ2) is 7.48. The fourth-order valence-electron chi connectivity index (χ4n) is 2.06. The van der Waals surface area contributed by atoms with E-state index >= 15 is 0 Å². The predicted octanol–water partition coefficient (Wildman–Crippen LogP) is 4.50. The molecule has 116 valence electrons. The summed E-state index contributed by atoms with van der Waals surface area (Å²) in [6.07, 6.45) is 3.19. The first kappa shape index (κ1) is 17.3. The molecular weight excluding hydrogens is 438 g/mol. The quantitative estimate of drug-likeness (QED) is 0.538. The number of aromatic nitrogens is 2. The highest BCUT2D eigenvalue weighted by atomic mass is 127. The second-order valence-corrected chi connectivity index (χ2v) is 6.56. The second-order valence-electron chi connectivity index (χ2n) is 4.55. The third-order valence-electron chi connectivity index (χ3n) is 3.08. The number of benzene rings is 1. The van der Waals surface area contributed by atoms with E-state index < -0.39 is 5.97 Å². The molecular formula is C15H13Cl2IN2O2. The smallest absolute Gasteiger partial charge is 0.328 e. The van der Waals surface area contributed by atoms with E-state index in [2.05, 4.69) is 27.6 Å². The van der Waals surface area contributed by atoms with E-state index in [9.17, 15) is 4.79 Å². The molecule has 2 aromatic rings. The zero-order valence-corrected chi connectivity index (χ0v) is 15.4. The van der Waals surface area contributed by atoms with Gasteiger partial charge in [-0.2, -0.15) is 0 Å². The van der Waals surface area contributed by atoms with Crippen molar-refractivity contribution in [3.8, 4) is 0 Å². The zero-order valence-electron chi connectivity index (χ0n) is 11.7. The topological polar surface area (TPSA) is 55.1 Å². The van der Waals surface area contributed by atoms with Gasteiger partial charge in [-0.05, 0) is 46.4 Å². The third-order valence-corrected chi connectivity index (χ3v) is 4.39. The summed E-state index contributed by atoms with van der Waals surface area (Å²) in [5.74, 6) is -0.251. The summed E-state index contributed by atoms with van der Waals surface area (Å²) < 4.78 is 2.94. The van der Waals surface area contributed by atoms with Gasteiger partial charge in [0.25, 0.3) is 0 Å². The highest BCUT2D eigenvalue weighted by molar-refractivity contribution is 14.1. The van der Waals surface area contributed by atoms with Gasteiger partial charge in [0.05, 0.1) is 12.2 Å². The summed E-state index contributed by atoms with van der Waals surface area (Å²) in [5, 5.41) is 9.75. The van der Waals surface area contributed by atoms with Gasteiger partial charge in [-0.3, -0.25) is 0 Å². The molecule has 0 bridgehead atoms. The molecule has 0 saturated carbocycles. The molecule has 0 aliphatic carbocycles. The number of aryl methyl sites for hydroxylation is 1. The van der Waals surface area contributed by atoms with E-state index in [-0.39, 0.29) is 5.15 Å². The fourth-order valence-corrected chi connectivity index (χ4v) is 3.24. The number of hydrogen-bond donors (Lipinski definition) is 1. The number of carbonyl (C=O) groups is 1. The van der Waals surface area contributed by atoms with E-state index in [1.807, 2.05) is 29.7 Å². The van der Waals surface area contributed by atoms with Gasteiger partial charge in [0, 0.05) is 21.1 Å². The Bertz CT molecular complexity index is 741. The highest BCUT2D eigenvalue weighted by Gasteiger charge is 2.14. The van der Waals surface area contributed by atoms with Gasteiger partial charge in [0.2, 0.25) is 0 Å². The molecule has 1 N–H and O–H groups in total. The van der Waals surface area contributed by atoms with Crippen LogP contribution in [-0.4, -0.2) is 20.6 Å². The van der Waals surface area contributed by atoms with E-state index in [1.165, 1.54) is 6.08 Å². The summed E-state index contributed by atoms with van der Waals surface area (Å²) in [6.45, 7) is 2.45. The molecule has 0 aliphatic rings. The predicted molar refractivity (Wildman–Crippen MR) is 96.6 cm³/mol. The van der Waals surface area contributed by atoms with Crippen molar-refractivity contribution in [2.24, 2.45) is 0 Å². The zero-order chi connectivity index (χ0) is 16.3. The van der Waals surface area contributed by atoms with Gasteiger partial charge in [-0.25, -0.2) is 9.78 Å². The number of imidazole rings is 1. The lowest BCUT2D eigenvalue weighted by Crippen LogP contribution is -2.07. The Labute approximate surface area is 151 Å². The van der Waals surface area contributed by atoms with Crippen LogP contribution in [0.3, 0.4) is 0 Å². The molecule has 2 rings (SSSR count). The van der Waals surface area contributed by atoms with Crippen molar-refractivity contribution in [2.45, 2.75) is 19.9 Å². The summed E-state index contributed by atoms with van der Waals surface area (Å²) in [6, 6.07) is 5.80. The van der Waals surface area contributed by atoms with Crippen molar-refractivity contribution >= 4 is 57.8 Å². The standard InChI is InChI=1S/C15H13Cl2IN2O2/c1-2-13-19-15(17)12(5-6-14(21)22)20(13)8-9-3-4-10(18)7-11(9)16/h3-7H,2,8H2,1H3,(H,21,22)/b6-5+. The molecule has 7 heteroatoms. The van der Waals surface area contributed by atoms with Gasteiger partial charge in [0.1, 0.15) is 5.82 Å². The molecule has 0 atom stereocenters. The number of carboxylic acid groups (broad SMARTS) is 1. The third kappa shape index (κ3) is 4.02. The molecule has 0 radical (unpaired) electrons. The minimum absolute atomic E-state index is 0.288. The van der Waals surface area contributed by atoms with Crippen LogP contribution in [0, 0.1) is 3.57 Å². The monoisotopic (exact) mass is 450 g/mol. The molecule has 1 aromatic heterocycles. The molecule has 0 aliphatic heterocycles. The lowest BCUT2D eigenvalue weighted by molar-refractivity contribution is -0.131. The van der Waals surface area contributed by atoms with E-state index in [1.54, 1.807) is 0 Å². The average molecular weight is 451 g/mol. The lowest BCUT2D eigenvalue weighted by Gasteiger charge is -2.11. The molecule has 0 saturated heterocycles. The van der Waals surface area contributed by atoms with Crippen LogP contribution in [0.1, 0.15) is 24.0 Å². The van der Waals surface area contributed by atoms with Gasteiger partial charge < -0.3 is 9.67 Å². The maximum Gasteiger partial charge on any atom is 0.328 e. The van der Waals surface area contributed by atoms with Crippen LogP contribution in [0.2, 0.25) is 10.2 Å². The van der Waals surface area contributed by atoms with Crippen LogP contribution in [0.15, 0.2) is 24.3 Å². The van der Waals surface area contributed by atoms with Crippen LogP contribution >= 0.6 is 45.8 Å². The minimum atomic E-state index is -1.03. The molecule has 22 heavy (non-hydrogen) atoms. The molecule has 0 fully saturated rings. The molecule has 0 amide bonds. The molecule has 1 heterocycles. The lowest BCUT2D eigenvalue weighted by atomic mass is 10.2. The van der Waals surface area contributed by atoms with Crippen molar-refractivity contribution in [1.29, 1.82) is 0 Å². The number of rotatable bonds is 5. The molecule has 0 unspecified atom stereocenters. The van der Waals surface area contributed by atoms with E-state index in [0.717, 1.165) is 21.0 Å². The summed E-state index contributed by atoms with van der Waals surface area (Å²) in [5.41, 5.74) is 1.49. The summed E-state index contributed by atoms with van der Waals surface area (Å²) >= 11 is 14.6. The first-order valence-electron chi connectivity index (χ1n) is 6.52. The number of nitrogens with zero attached hydrogens (tertiary/aromatic N) is 2. The number of aliphatic carboxylic acids is 1. The van der Waals surface area contributed by atoms with Gasteiger partial charge in [0.15, 0.2) is 5.15 Å². The van der Waals surface area contributed by atoms with Crippen LogP contribution in [-0.2, 0) is 17.8 Å². The van der Waals surface area contributed by atoms with Crippen molar-refractivity contribution in [1.82, 2.24) is 9.55 Å². The fraction of sp³-hybridized carbons (Fsp3) is 0.200. The molecule has 1 aromatic carbocycles.